The molecule has 2 aromatic heterocycles. The third-order valence-electron chi connectivity index (χ3n) is 6.96. The molecule has 34 heavy (non-hydrogen) atoms. The fourth-order valence-corrected chi connectivity index (χ4v) is 5.53. The SMILES string of the molecule is CC12Cc3c([nH]c4ccc(Cl)cc34)C(c3cccc(O)c3)N1C(=O)N(CCn1ccnc1)C2=O. The molecule has 0 saturated carbocycles. The van der Waals surface area contributed by atoms with Gasteiger partial charge in [-0.3, -0.25) is 14.6 Å². The number of aromatic hydroxyl groups is 1. The molecule has 2 N–H and O–H groups in total. The fourth-order valence-electron chi connectivity index (χ4n) is 5.36. The van der Waals surface area contributed by atoms with Gasteiger partial charge in [0.15, 0.2) is 0 Å². The van der Waals surface area contributed by atoms with Gasteiger partial charge in [0.2, 0.25) is 0 Å². The molecule has 0 bridgehead atoms. The molecule has 4 aromatic rings. The van der Waals surface area contributed by atoms with Crippen LogP contribution in [0.3, 0.4) is 0 Å². The Labute approximate surface area is 200 Å². The number of imidazole rings is 1. The van der Waals surface area contributed by atoms with E-state index in [9.17, 15) is 14.7 Å². The Morgan fingerprint density at radius 1 is 1.21 bits per heavy atom. The van der Waals surface area contributed by atoms with Crippen molar-refractivity contribution in [3.05, 3.63) is 83.0 Å². The smallest absolute Gasteiger partial charge is 0.328 e. The van der Waals surface area contributed by atoms with Gasteiger partial charge in [0, 0.05) is 53.5 Å². The van der Waals surface area contributed by atoms with Crippen LogP contribution in [0.5, 0.6) is 5.75 Å². The maximum absolute atomic E-state index is 13.8. The number of nitrogens with zero attached hydrogens (tertiary/aromatic N) is 4. The first-order valence-corrected chi connectivity index (χ1v) is 11.4. The number of H-pyrrole nitrogens is 1. The third-order valence-corrected chi connectivity index (χ3v) is 7.19. The summed E-state index contributed by atoms with van der Waals surface area (Å²) in [4.78, 5) is 38.0. The lowest BCUT2D eigenvalue weighted by Crippen LogP contribution is -2.53. The lowest BCUT2D eigenvalue weighted by atomic mass is 9.81. The number of carbonyl (C=O) groups excluding carboxylic acids is 2. The van der Waals surface area contributed by atoms with Crippen LogP contribution >= 0.6 is 11.6 Å². The third kappa shape index (κ3) is 2.95. The molecule has 4 heterocycles. The molecular weight excluding hydrogens is 454 g/mol. The number of phenolic OH excluding ortho intramolecular Hbond substituents is 1. The van der Waals surface area contributed by atoms with Crippen LogP contribution in [0.4, 0.5) is 4.79 Å². The lowest BCUT2D eigenvalue weighted by Gasteiger charge is -2.42. The Morgan fingerprint density at radius 3 is 2.82 bits per heavy atom. The number of halogens is 1. The standard InChI is InChI=1S/C25H22ClN5O3/c1-25-13-19-18-12-16(26)5-6-20(18)28-21(19)22(15-3-2-4-17(32)11-15)31(25)24(34)30(23(25)33)10-9-29-8-7-27-14-29/h2-8,11-12,14,22,28,32H,9-10,13H2,1H3. The maximum atomic E-state index is 13.8. The van der Waals surface area contributed by atoms with E-state index in [4.69, 9.17) is 11.6 Å². The highest BCUT2D eigenvalue weighted by Gasteiger charge is 2.60. The number of nitrogens with one attached hydrogen (secondary N) is 1. The van der Waals surface area contributed by atoms with Gasteiger partial charge in [-0.05, 0) is 48.4 Å². The summed E-state index contributed by atoms with van der Waals surface area (Å²) in [5.74, 6) is -0.134. The van der Waals surface area contributed by atoms with E-state index in [1.807, 2.05) is 35.8 Å². The second-order valence-corrected chi connectivity index (χ2v) is 9.50. The molecule has 1 saturated heterocycles. The number of urea groups is 1. The number of carbonyl (C=O) groups is 2. The monoisotopic (exact) mass is 475 g/mol. The van der Waals surface area contributed by atoms with Gasteiger partial charge >= 0.3 is 6.03 Å². The predicted octanol–water partition coefficient (Wildman–Crippen LogP) is 4.09. The fraction of sp³-hybridized carbons (Fsp3) is 0.240. The van der Waals surface area contributed by atoms with E-state index in [0.717, 1.165) is 27.7 Å². The summed E-state index contributed by atoms with van der Waals surface area (Å²) < 4.78 is 1.84. The van der Waals surface area contributed by atoms with Crippen LogP contribution in [-0.4, -0.2) is 53.5 Å². The highest BCUT2D eigenvalue weighted by molar-refractivity contribution is 6.31. The van der Waals surface area contributed by atoms with Gasteiger partial charge in [-0.1, -0.05) is 23.7 Å². The quantitative estimate of drug-likeness (QED) is 0.434. The van der Waals surface area contributed by atoms with Gasteiger partial charge < -0.3 is 14.7 Å². The highest BCUT2D eigenvalue weighted by Crippen LogP contribution is 2.49. The van der Waals surface area contributed by atoms with Crippen LogP contribution in [0.15, 0.2) is 61.2 Å². The van der Waals surface area contributed by atoms with Crippen LogP contribution < -0.4 is 0 Å². The summed E-state index contributed by atoms with van der Waals surface area (Å²) in [5, 5.41) is 11.8. The van der Waals surface area contributed by atoms with Gasteiger partial charge in [-0.15, -0.1) is 0 Å². The van der Waals surface area contributed by atoms with Crippen molar-refractivity contribution in [1.82, 2.24) is 24.3 Å². The zero-order chi connectivity index (χ0) is 23.6. The summed E-state index contributed by atoms with van der Waals surface area (Å²) in [5.41, 5.74) is 2.33. The van der Waals surface area contributed by atoms with Crippen molar-refractivity contribution >= 4 is 34.4 Å². The van der Waals surface area contributed by atoms with E-state index in [1.54, 1.807) is 41.8 Å². The minimum atomic E-state index is -1.08. The van der Waals surface area contributed by atoms with Crippen molar-refractivity contribution in [3.63, 3.8) is 0 Å². The molecule has 2 aliphatic heterocycles. The number of benzene rings is 2. The maximum Gasteiger partial charge on any atom is 0.328 e. The number of phenols is 1. The van der Waals surface area contributed by atoms with Crippen molar-refractivity contribution in [2.24, 2.45) is 0 Å². The van der Waals surface area contributed by atoms with Gasteiger partial charge in [0.05, 0.1) is 6.33 Å². The van der Waals surface area contributed by atoms with Gasteiger partial charge in [0.25, 0.3) is 5.91 Å². The summed E-state index contributed by atoms with van der Waals surface area (Å²) in [6.07, 6.45) is 5.50. The van der Waals surface area contributed by atoms with Crippen LogP contribution in [0, 0.1) is 0 Å². The second-order valence-electron chi connectivity index (χ2n) is 9.07. The normalized spacial score (nSPS) is 21.9. The molecule has 8 nitrogen and oxygen atoms in total. The number of imide groups is 1. The first-order valence-electron chi connectivity index (χ1n) is 11.1. The number of rotatable bonds is 4. The van der Waals surface area contributed by atoms with Crippen molar-refractivity contribution in [1.29, 1.82) is 0 Å². The zero-order valence-electron chi connectivity index (χ0n) is 18.4. The van der Waals surface area contributed by atoms with E-state index < -0.39 is 11.6 Å². The first kappa shape index (κ1) is 20.8. The summed E-state index contributed by atoms with van der Waals surface area (Å²) in [6.45, 7) is 2.53. The summed E-state index contributed by atoms with van der Waals surface area (Å²) in [6, 6.07) is 11.5. The van der Waals surface area contributed by atoms with E-state index >= 15 is 0 Å². The van der Waals surface area contributed by atoms with Crippen LogP contribution in [0.1, 0.15) is 29.8 Å². The summed E-state index contributed by atoms with van der Waals surface area (Å²) >= 11 is 6.31. The number of amides is 3. The Hall–Kier alpha value is -3.78. The molecule has 0 radical (unpaired) electrons. The first-order chi connectivity index (χ1) is 16.4. The van der Waals surface area contributed by atoms with E-state index in [2.05, 4.69) is 9.97 Å². The van der Waals surface area contributed by atoms with E-state index in [1.165, 1.54) is 4.90 Å². The lowest BCUT2D eigenvalue weighted by molar-refractivity contribution is -0.133. The molecule has 1 fully saturated rings. The van der Waals surface area contributed by atoms with Crippen molar-refractivity contribution in [2.45, 2.75) is 31.5 Å². The van der Waals surface area contributed by atoms with Gasteiger partial charge in [-0.25, -0.2) is 9.78 Å². The second kappa shape index (κ2) is 7.36. The number of fused-ring (bicyclic) bond motifs is 4. The van der Waals surface area contributed by atoms with Crippen LogP contribution in [0.2, 0.25) is 5.02 Å². The minimum Gasteiger partial charge on any atom is -0.508 e. The average Bonchev–Trinajstić information content (AvgIpc) is 3.49. The molecule has 2 unspecified atom stereocenters. The van der Waals surface area contributed by atoms with Crippen molar-refractivity contribution in [2.75, 3.05) is 6.54 Å². The molecule has 2 aliphatic rings. The Kier molecular flexibility index (Phi) is 4.50. The van der Waals surface area contributed by atoms with Crippen molar-refractivity contribution < 1.29 is 14.7 Å². The molecule has 2 atom stereocenters. The molecule has 172 valence electrons. The largest absolute Gasteiger partial charge is 0.508 e. The Morgan fingerprint density at radius 2 is 2.06 bits per heavy atom. The van der Waals surface area contributed by atoms with Gasteiger partial charge in [-0.2, -0.15) is 0 Å². The average molecular weight is 476 g/mol. The molecule has 6 rings (SSSR count). The Bertz CT molecular complexity index is 1450. The number of hydrogen-bond donors (Lipinski definition) is 2. The number of hydrogen-bond acceptors (Lipinski definition) is 4. The van der Waals surface area contributed by atoms with Crippen LogP contribution in [-0.2, 0) is 17.8 Å². The molecule has 0 aliphatic carbocycles. The molecular formula is C25H22ClN5O3. The topological polar surface area (TPSA) is 94.5 Å². The molecule has 3 amide bonds. The van der Waals surface area contributed by atoms with E-state index in [-0.39, 0.29) is 24.2 Å². The predicted molar refractivity (Wildman–Crippen MR) is 127 cm³/mol. The molecule has 9 heteroatoms. The zero-order valence-corrected chi connectivity index (χ0v) is 19.2. The summed E-state index contributed by atoms with van der Waals surface area (Å²) in [7, 11) is 0. The Balaban J connectivity index is 1.50. The van der Waals surface area contributed by atoms with E-state index in [0.29, 0.717) is 18.0 Å². The number of aromatic amines is 1. The number of aromatic nitrogens is 3. The molecule has 0 spiro atoms. The van der Waals surface area contributed by atoms with Crippen LogP contribution in [0.25, 0.3) is 10.9 Å². The highest BCUT2D eigenvalue weighted by atomic mass is 35.5. The van der Waals surface area contributed by atoms with Gasteiger partial charge in [0.1, 0.15) is 17.3 Å². The van der Waals surface area contributed by atoms with Crippen molar-refractivity contribution in [3.8, 4) is 5.75 Å². The molecule has 2 aromatic carbocycles. The minimum absolute atomic E-state index is 0.0976.